The van der Waals surface area contributed by atoms with Crippen molar-refractivity contribution in [1.29, 1.82) is 0 Å². The van der Waals surface area contributed by atoms with Crippen molar-refractivity contribution in [2.45, 2.75) is 45.8 Å². The zero-order valence-electron chi connectivity index (χ0n) is 21.7. The number of carbonyl (C=O) groups is 2. The summed E-state index contributed by atoms with van der Waals surface area (Å²) in [4.78, 5) is 42.2. The van der Waals surface area contributed by atoms with Crippen molar-refractivity contribution in [3.05, 3.63) is 64.6 Å². The molecule has 200 valence electrons. The summed E-state index contributed by atoms with van der Waals surface area (Å²) in [5.41, 5.74) is 0.606. The van der Waals surface area contributed by atoms with Crippen LogP contribution in [-0.2, 0) is 22.5 Å². The van der Waals surface area contributed by atoms with Crippen molar-refractivity contribution in [3.63, 3.8) is 0 Å². The van der Waals surface area contributed by atoms with Gasteiger partial charge in [-0.3, -0.25) is 23.4 Å². The number of carbonyl (C=O) groups excluding carboxylic acids is 2. The van der Waals surface area contributed by atoms with Crippen molar-refractivity contribution in [2.24, 2.45) is 0 Å². The van der Waals surface area contributed by atoms with Gasteiger partial charge in [0.1, 0.15) is 5.82 Å². The van der Waals surface area contributed by atoms with Gasteiger partial charge < -0.3 is 19.0 Å². The van der Waals surface area contributed by atoms with Crippen molar-refractivity contribution in [2.75, 3.05) is 32.8 Å². The first kappa shape index (κ1) is 25.7. The first-order chi connectivity index (χ1) is 18.4. The van der Waals surface area contributed by atoms with Crippen molar-refractivity contribution in [1.82, 2.24) is 29.0 Å². The topological polar surface area (TPSA) is 115 Å². The minimum Gasteiger partial charge on any atom is -0.459 e. The highest BCUT2D eigenvalue weighted by Crippen LogP contribution is 2.17. The van der Waals surface area contributed by atoms with Gasteiger partial charge in [-0.1, -0.05) is 12.1 Å². The molecule has 1 aliphatic rings. The highest BCUT2D eigenvalue weighted by molar-refractivity contribution is 5.91. The number of piperazine rings is 1. The molecule has 5 rings (SSSR count). The Hall–Kier alpha value is -3.99. The molecule has 0 atom stereocenters. The fourth-order valence-corrected chi connectivity index (χ4v) is 4.81. The Morgan fingerprint density at radius 2 is 1.79 bits per heavy atom. The predicted molar refractivity (Wildman–Crippen MR) is 140 cm³/mol. The highest BCUT2D eigenvalue weighted by atomic mass is 16.5. The van der Waals surface area contributed by atoms with Gasteiger partial charge in [-0.2, -0.15) is 0 Å². The van der Waals surface area contributed by atoms with Gasteiger partial charge in [0, 0.05) is 52.2 Å². The van der Waals surface area contributed by atoms with Gasteiger partial charge in [0.25, 0.3) is 11.5 Å². The largest absolute Gasteiger partial charge is 0.459 e. The summed E-state index contributed by atoms with van der Waals surface area (Å²) in [6, 6.07) is 10.7. The van der Waals surface area contributed by atoms with Gasteiger partial charge in [-0.15, -0.1) is 10.2 Å². The van der Waals surface area contributed by atoms with Gasteiger partial charge in [0.05, 0.1) is 23.3 Å². The molecular weight excluding hydrogens is 488 g/mol. The van der Waals surface area contributed by atoms with Crippen LogP contribution in [0.3, 0.4) is 0 Å². The van der Waals surface area contributed by atoms with E-state index in [0.717, 1.165) is 5.52 Å². The number of benzene rings is 1. The van der Waals surface area contributed by atoms with Crippen LogP contribution in [-0.4, -0.2) is 79.7 Å². The fourth-order valence-electron chi connectivity index (χ4n) is 4.81. The predicted octanol–water partition coefficient (Wildman–Crippen LogP) is 2.37. The molecule has 1 aromatic carbocycles. The lowest BCUT2D eigenvalue weighted by atomic mass is 10.2. The normalized spacial score (nSPS) is 14.2. The molecule has 2 amide bonds. The number of aryl methyl sites for hydroxylation is 2. The van der Waals surface area contributed by atoms with E-state index < -0.39 is 0 Å². The van der Waals surface area contributed by atoms with Crippen LogP contribution in [0.5, 0.6) is 0 Å². The van der Waals surface area contributed by atoms with E-state index in [9.17, 15) is 14.4 Å². The number of fused-ring (bicyclic) bond motifs is 3. The van der Waals surface area contributed by atoms with Crippen molar-refractivity contribution < 1.29 is 18.7 Å². The molecule has 0 spiro atoms. The summed E-state index contributed by atoms with van der Waals surface area (Å²) >= 11 is 0. The molecule has 1 aliphatic heterocycles. The van der Waals surface area contributed by atoms with E-state index in [4.69, 9.17) is 9.15 Å². The molecule has 0 N–H and O–H groups in total. The average molecular weight is 521 g/mol. The minimum absolute atomic E-state index is 0.00434. The fraction of sp³-hybridized carbons (Fsp3) is 0.444. The van der Waals surface area contributed by atoms with E-state index in [-0.39, 0.29) is 29.9 Å². The number of ether oxygens (including phenoxy) is 1. The first-order valence-electron chi connectivity index (χ1n) is 13.0. The van der Waals surface area contributed by atoms with Crippen molar-refractivity contribution >= 4 is 28.5 Å². The number of furan rings is 1. The second-order valence-electron chi connectivity index (χ2n) is 9.65. The van der Waals surface area contributed by atoms with Crippen LogP contribution in [0.4, 0.5) is 0 Å². The maximum atomic E-state index is 13.2. The highest BCUT2D eigenvalue weighted by Gasteiger charge is 2.26. The molecule has 4 aromatic rings. The molecule has 11 nitrogen and oxygen atoms in total. The first-order valence-corrected chi connectivity index (χ1v) is 13.0. The maximum Gasteiger partial charge on any atom is 0.289 e. The summed E-state index contributed by atoms with van der Waals surface area (Å²) in [5.74, 6) is 1.23. The summed E-state index contributed by atoms with van der Waals surface area (Å²) in [5, 5.41) is 9.30. The molecule has 11 heteroatoms. The lowest BCUT2D eigenvalue weighted by molar-refractivity contribution is -0.132. The second kappa shape index (κ2) is 11.2. The molecule has 4 heterocycles. The molecule has 0 bridgehead atoms. The van der Waals surface area contributed by atoms with E-state index in [1.165, 1.54) is 6.26 Å². The number of aromatic nitrogens is 4. The monoisotopic (exact) mass is 520 g/mol. The standard InChI is InChI=1S/C27H32N6O5/c1-19(2)37-18-6-12-32-25(35)20-7-3-4-8-21(20)33-23(28-29-27(32)33)10-11-24(34)30-13-15-31(16-14-30)26(36)22-9-5-17-38-22/h3-5,7-9,17,19H,6,10-16,18H2,1-2H3. The molecule has 3 aromatic heterocycles. The molecule has 0 saturated carbocycles. The van der Waals surface area contributed by atoms with Crippen LogP contribution < -0.4 is 5.56 Å². The Morgan fingerprint density at radius 1 is 1.03 bits per heavy atom. The molecule has 0 unspecified atom stereocenters. The Morgan fingerprint density at radius 3 is 2.53 bits per heavy atom. The molecule has 1 fully saturated rings. The lowest BCUT2D eigenvalue weighted by Crippen LogP contribution is -2.50. The van der Waals surface area contributed by atoms with Crippen LogP contribution in [0.2, 0.25) is 0 Å². The summed E-state index contributed by atoms with van der Waals surface area (Å²) in [7, 11) is 0. The smallest absolute Gasteiger partial charge is 0.289 e. The molecule has 1 saturated heterocycles. The molecule has 0 radical (unpaired) electrons. The van der Waals surface area contributed by atoms with E-state index in [1.807, 2.05) is 36.4 Å². The van der Waals surface area contributed by atoms with E-state index in [0.29, 0.717) is 74.9 Å². The van der Waals surface area contributed by atoms with Crippen LogP contribution in [0.25, 0.3) is 16.7 Å². The van der Waals surface area contributed by atoms with E-state index in [2.05, 4.69) is 10.2 Å². The number of amides is 2. The minimum atomic E-state index is -0.161. The Kier molecular flexibility index (Phi) is 7.54. The summed E-state index contributed by atoms with van der Waals surface area (Å²) in [6.45, 7) is 6.80. The summed E-state index contributed by atoms with van der Waals surface area (Å²) < 4.78 is 14.4. The lowest BCUT2D eigenvalue weighted by Gasteiger charge is -2.34. The summed E-state index contributed by atoms with van der Waals surface area (Å²) in [6.07, 6.45) is 2.90. The molecular formula is C27H32N6O5. The van der Waals surface area contributed by atoms with Crippen LogP contribution in [0.1, 0.15) is 43.1 Å². The average Bonchev–Trinajstić information content (AvgIpc) is 3.62. The zero-order chi connectivity index (χ0) is 26.6. The van der Waals surface area contributed by atoms with Gasteiger partial charge in [0.2, 0.25) is 11.7 Å². The third-order valence-electron chi connectivity index (χ3n) is 6.77. The Labute approximate surface area is 219 Å². The second-order valence-corrected chi connectivity index (χ2v) is 9.65. The number of hydrogen-bond donors (Lipinski definition) is 0. The third-order valence-corrected chi connectivity index (χ3v) is 6.77. The SMILES string of the molecule is CC(C)OCCCn1c(=O)c2ccccc2n2c(CCC(=O)N3CCN(C(=O)c4ccco4)CC3)nnc12. The van der Waals surface area contributed by atoms with Crippen LogP contribution >= 0.6 is 0 Å². The number of para-hydroxylation sites is 1. The van der Waals surface area contributed by atoms with E-state index in [1.54, 1.807) is 32.6 Å². The van der Waals surface area contributed by atoms with Gasteiger partial charge >= 0.3 is 0 Å². The maximum absolute atomic E-state index is 13.2. The quantitative estimate of drug-likeness (QED) is 0.311. The van der Waals surface area contributed by atoms with Gasteiger partial charge in [0.15, 0.2) is 5.76 Å². The van der Waals surface area contributed by atoms with Gasteiger partial charge in [-0.25, -0.2) is 0 Å². The Bertz CT molecular complexity index is 1480. The number of rotatable bonds is 9. The zero-order valence-corrected chi connectivity index (χ0v) is 21.7. The number of hydrogen-bond acceptors (Lipinski definition) is 7. The molecule has 0 aliphatic carbocycles. The Balaban J connectivity index is 1.29. The van der Waals surface area contributed by atoms with E-state index >= 15 is 0 Å². The molecule has 38 heavy (non-hydrogen) atoms. The number of nitrogens with zero attached hydrogens (tertiary/aromatic N) is 6. The van der Waals surface area contributed by atoms with Crippen LogP contribution in [0, 0.1) is 0 Å². The van der Waals surface area contributed by atoms with Crippen LogP contribution in [0.15, 0.2) is 51.9 Å². The van der Waals surface area contributed by atoms with Crippen molar-refractivity contribution in [3.8, 4) is 0 Å². The van der Waals surface area contributed by atoms with Gasteiger partial charge in [-0.05, 0) is 44.5 Å². The third kappa shape index (κ3) is 5.19.